The molecule has 88 valence electrons. The van der Waals surface area contributed by atoms with Crippen LogP contribution >= 0.6 is 0 Å². The standard InChI is InChI=1S/C12H13N3O2/c16-11-10-7-13-5-6-15(10)12(17)8-3-1-2-4-9(8)14-11/h1-4,10,13H,5-7H2,(H,14,16). The Balaban J connectivity index is 2.07. The summed E-state index contributed by atoms with van der Waals surface area (Å²) in [4.78, 5) is 26.0. The molecule has 1 aromatic carbocycles. The molecule has 0 aliphatic carbocycles. The number of nitrogens with one attached hydrogen (secondary N) is 2. The lowest BCUT2D eigenvalue weighted by Gasteiger charge is -2.33. The molecule has 5 nitrogen and oxygen atoms in total. The van der Waals surface area contributed by atoms with E-state index in [0.717, 1.165) is 6.54 Å². The molecule has 0 bridgehead atoms. The van der Waals surface area contributed by atoms with Crippen molar-refractivity contribution in [3.05, 3.63) is 29.8 Å². The van der Waals surface area contributed by atoms with E-state index in [2.05, 4.69) is 10.6 Å². The summed E-state index contributed by atoms with van der Waals surface area (Å²) >= 11 is 0. The number of amides is 2. The number of hydrogen-bond donors (Lipinski definition) is 2. The van der Waals surface area contributed by atoms with E-state index in [-0.39, 0.29) is 11.8 Å². The average Bonchev–Trinajstić information content (AvgIpc) is 2.48. The maximum atomic E-state index is 12.3. The number of benzene rings is 1. The summed E-state index contributed by atoms with van der Waals surface area (Å²) in [5.74, 6) is -0.180. The van der Waals surface area contributed by atoms with Gasteiger partial charge in [-0.3, -0.25) is 9.59 Å². The molecule has 1 aromatic rings. The zero-order valence-electron chi connectivity index (χ0n) is 9.27. The zero-order valence-corrected chi connectivity index (χ0v) is 9.27. The summed E-state index contributed by atoms with van der Waals surface area (Å²) in [5.41, 5.74) is 1.18. The first-order chi connectivity index (χ1) is 8.27. The number of anilines is 1. The van der Waals surface area contributed by atoms with Crippen LogP contribution in [0.1, 0.15) is 10.4 Å². The molecule has 2 heterocycles. The third-order valence-corrected chi connectivity index (χ3v) is 3.22. The minimum absolute atomic E-state index is 0.0644. The van der Waals surface area contributed by atoms with Gasteiger partial charge in [-0.15, -0.1) is 0 Å². The van der Waals surface area contributed by atoms with Gasteiger partial charge in [-0.25, -0.2) is 0 Å². The van der Waals surface area contributed by atoms with Gasteiger partial charge < -0.3 is 15.5 Å². The summed E-state index contributed by atoms with van der Waals surface area (Å²) in [7, 11) is 0. The molecular weight excluding hydrogens is 218 g/mol. The van der Waals surface area contributed by atoms with Crippen molar-refractivity contribution < 1.29 is 9.59 Å². The molecule has 2 amide bonds. The summed E-state index contributed by atoms with van der Waals surface area (Å²) in [6.45, 7) is 1.83. The summed E-state index contributed by atoms with van der Waals surface area (Å²) in [5, 5.41) is 5.95. The quantitative estimate of drug-likeness (QED) is 0.663. The predicted octanol–water partition coefficient (Wildman–Crippen LogP) is 0.0527. The second-order valence-corrected chi connectivity index (χ2v) is 4.25. The Morgan fingerprint density at radius 2 is 2.06 bits per heavy atom. The second kappa shape index (κ2) is 3.85. The van der Waals surface area contributed by atoms with Gasteiger partial charge in [-0.05, 0) is 12.1 Å². The van der Waals surface area contributed by atoms with Crippen molar-refractivity contribution in [2.75, 3.05) is 25.0 Å². The number of hydrogen-bond acceptors (Lipinski definition) is 3. The Morgan fingerprint density at radius 1 is 1.24 bits per heavy atom. The maximum Gasteiger partial charge on any atom is 0.256 e. The topological polar surface area (TPSA) is 61.4 Å². The Labute approximate surface area is 98.8 Å². The molecule has 1 atom stereocenters. The van der Waals surface area contributed by atoms with Crippen molar-refractivity contribution in [3.8, 4) is 0 Å². The molecule has 2 N–H and O–H groups in total. The van der Waals surface area contributed by atoms with E-state index in [9.17, 15) is 9.59 Å². The summed E-state index contributed by atoms with van der Waals surface area (Å²) in [6.07, 6.45) is 0. The fourth-order valence-electron chi connectivity index (χ4n) is 2.33. The number of rotatable bonds is 0. The van der Waals surface area contributed by atoms with Gasteiger partial charge in [0.2, 0.25) is 5.91 Å². The highest BCUT2D eigenvalue weighted by Crippen LogP contribution is 2.23. The molecule has 5 heteroatoms. The van der Waals surface area contributed by atoms with Crippen molar-refractivity contribution in [3.63, 3.8) is 0 Å². The van der Waals surface area contributed by atoms with E-state index in [1.807, 2.05) is 12.1 Å². The molecule has 0 saturated carbocycles. The molecule has 17 heavy (non-hydrogen) atoms. The molecule has 1 unspecified atom stereocenters. The first-order valence-corrected chi connectivity index (χ1v) is 5.69. The van der Waals surface area contributed by atoms with E-state index >= 15 is 0 Å². The van der Waals surface area contributed by atoms with Crippen molar-refractivity contribution in [1.29, 1.82) is 0 Å². The van der Waals surface area contributed by atoms with Gasteiger partial charge in [0.15, 0.2) is 0 Å². The van der Waals surface area contributed by atoms with Crippen molar-refractivity contribution in [2.24, 2.45) is 0 Å². The van der Waals surface area contributed by atoms with Gasteiger partial charge in [0, 0.05) is 19.6 Å². The Kier molecular flexibility index (Phi) is 2.33. The van der Waals surface area contributed by atoms with E-state index in [4.69, 9.17) is 0 Å². The Hall–Kier alpha value is -1.88. The molecule has 0 radical (unpaired) electrons. The number of para-hydroxylation sites is 1. The van der Waals surface area contributed by atoms with Crippen molar-refractivity contribution >= 4 is 17.5 Å². The fraction of sp³-hybridized carbons (Fsp3) is 0.333. The minimum Gasteiger partial charge on any atom is -0.324 e. The van der Waals surface area contributed by atoms with Crippen LogP contribution in [-0.4, -0.2) is 42.4 Å². The van der Waals surface area contributed by atoms with Gasteiger partial charge in [0.25, 0.3) is 5.91 Å². The fourth-order valence-corrected chi connectivity index (χ4v) is 2.33. The van der Waals surface area contributed by atoms with Crippen LogP contribution in [0.3, 0.4) is 0 Å². The molecule has 0 spiro atoms. The van der Waals surface area contributed by atoms with Crippen LogP contribution in [0.25, 0.3) is 0 Å². The van der Waals surface area contributed by atoms with Crippen molar-refractivity contribution in [1.82, 2.24) is 10.2 Å². The highest BCUT2D eigenvalue weighted by Gasteiger charge is 2.36. The van der Waals surface area contributed by atoms with Crippen LogP contribution in [0.2, 0.25) is 0 Å². The lowest BCUT2D eigenvalue weighted by molar-refractivity contribution is -0.120. The van der Waals surface area contributed by atoms with Crippen molar-refractivity contribution in [2.45, 2.75) is 6.04 Å². The summed E-state index contributed by atoms with van der Waals surface area (Å²) < 4.78 is 0. The van der Waals surface area contributed by atoms with Crippen LogP contribution in [0.4, 0.5) is 5.69 Å². The zero-order chi connectivity index (χ0) is 11.8. The Morgan fingerprint density at radius 3 is 2.94 bits per heavy atom. The minimum atomic E-state index is -0.399. The summed E-state index contributed by atoms with van der Waals surface area (Å²) in [6, 6.07) is 6.74. The highest BCUT2D eigenvalue weighted by atomic mass is 16.2. The van der Waals surface area contributed by atoms with Crippen LogP contribution in [0.5, 0.6) is 0 Å². The second-order valence-electron chi connectivity index (χ2n) is 4.25. The van der Waals surface area contributed by atoms with Crippen LogP contribution in [0.15, 0.2) is 24.3 Å². The smallest absolute Gasteiger partial charge is 0.256 e. The average molecular weight is 231 g/mol. The number of nitrogens with zero attached hydrogens (tertiary/aromatic N) is 1. The van der Waals surface area contributed by atoms with Gasteiger partial charge in [-0.1, -0.05) is 12.1 Å². The normalized spacial score (nSPS) is 23.5. The monoisotopic (exact) mass is 231 g/mol. The van der Waals surface area contributed by atoms with Gasteiger partial charge in [0.1, 0.15) is 6.04 Å². The number of piperazine rings is 1. The van der Waals surface area contributed by atoms with E-state index < -0.39 is 6.04 Å². The largest absolute Gasteiger partial charge is 0.324 e. The van der Waals surface area contributed by atoms with Crippen LogP contribution in [0, 0.1) is 0 Å². The first-order valence-electron chi connectivity index (χ1n) is 5.69. The number of carbonyl (C=O) groups excluding carboxylic acids is 2. The lowest BCUT2D eigenvalue weighted by Crippen LogP contribution is -2.57. The van der Waals surface area contributed by atoms with E-state index in [1.54, 1.807) is 17.0 Å². The predicted molar refractivity (Wildman–Crippen MR) is 62.8 cm³/mol. The first kappa shape index (κ1) is 10.3. The van der Waals surface area contributed by atoms with Gasteiger partial charge in [-0.2, -0.15) is 0 Å². The maximum absolute atomic E-state index is 12.3. The van der Waals surface area contributed by atoms with Crippen LogP contribution in [-0.2, 0) is 4.79 Å². The highest BCUT2D eigenvalue weighted by molar-refractivity contribution is 6.10. The van der Waals surface area contributed by atoms with Crippen LogP contribution < -0.4 is 10.6 Å². The number of fused-ring (bicyclic) bond motifs is 2. The molecule has 0 aromatic heterocycles. The third-order valence-electron chi connectivity index (χ3n) is 3.22. The van der Waals surface area contributed by atoms with E-state index in [0.29, 0.717) is 24.3 Å². The number of carbonyl (C=O) groups is 2. The lowest BCUT2D eigenvalue weighted by atomic mass is 10.1. The molecule has 2 aliphatic rings. The Bertz CT molecular complexity index is 486. The molecule has 3 rings (SSSR count). The molecule has 1 fully saturated rings. The van der Waals surface area contributed by atoms with Gasteiger partial charge >= 0.3 is 0 Å². The SMILES string of the molecule is O=C1Nc2ccccc2C(=O)N2CCNCC12. The third kappa shape index (κ3) is 1.59. The molecular formula is C12H13N3O2. The van der Waals surface area contributed by atoms with Gasteiger partial charge in [0.05, 0.1) is 11.3 Å². The molecule has 2 aliphatic heterocycles. The molecule has 1 saturated heterocycles. The van der Waals surface area contributed by atoms with E-state index in [1.165, 1.54) is 0 Å².